The molecule has 0 amide bonds. The zero-order valence-corrected chi connectivity index (χ0v) is 9.23. The van der Waals surface area contributed by atoms with E-state index in [0.29, 0.717) is 0 Å². The summed E-state index contributed by atoms with van der Waals surface area (Å²) >= 11 is 0. The minimum absolute atomic E-state index is 0.251. The Morgan fingerprint density at radius 1 is 1.17 bits per heavy atom. The second-order valence-electron chi connectivity index (χ2n) is 3.13. The quantitative estimate of drug-likeness (QED) is 0.544. The maximum Gasteiger partial charge on any atom is 0.355 e. The van der Waals surface area contributed by atoms with Crippen molar-refractivity contribution in [2.24, 2.45) is 0 Å². The summed E-state index contributed by atoms with van der Waals surface area (Å²) in [4.78, 5) is 0. The van der Waals surface area contributed by atoms with E-state index in [9.17, 15) is 4.57 Å². The van der Waals surface area contributed by atoms with E-state index in [1.165, 1.54) is 31.3 Å². The van der Waals surface area contributed by atoms with Crippen LogP contribution >= 0.6 is 8.46 Å². The average molecular weight is 187 g/mol. The molecule has 1 unspecified atom stereocenters. The minimum atomic E-state index is -0.251. The molecule has 12 heavy (non-hydrogen) atoms. The Kier molecular flexibility index (Phi) is 8.81. The molecule has 0 saturated heterocycles. The molecule has 0 aliphatic heterocycles. The highest BCUT2D eigenvalue weighted by atomic mass is 31.1. The van der Waals surface area contributed by atoms with Crippen LogP contribution in [0.15, 0.2) is 11.4 Å². The van der Waals surface area contributed by atoms with Gasteiger partial charge in [-0.25, -0.2) is 0 Å². The fourth-order valence-corrected chi connectivity index (χ4v) is 1.62. The van der Waals surface area contributed by atoms with Crippen LogP contribution in [0.4, 0.5) is 0 Å². The lowest BCUT2D eigenvalue weighted by Gasteiger charge is -2.01. The van der Waals surface area contributed by atoms with Crippen LogP contribution < -0.4 is 0 Å². The molecule has 1 atom stereocenters. The maximum atomic E-state index is 10.4. The smallest absolute Gasteiger partial charge is 0.0714 e. The lowest BCUT2D eigenvalue weighted by Crippen LogP contribution is -1.83. The van der Waals surface area contributed by atoms with Gasteiger partial charge in [0.1, 0.15) is 0 Å². The maximum absolute atomic E-state index is 10.4. The van der Waals surface area contributed by atoms with Gasteiger partial charge in [-0.1, -0.05) is 31.3 Å². The Labute approximate surface area is 77.5 Å². The Morgan fingerprint density at radius 2 is 1.67 bits per heavy atom. The Balaban J connectivity index is 3.70. The Morgan fingerprint density at radius 3 is 2.00 bits per heavy atom. The molecule has 0 aromatic heterocycles. The van der Waals surface area contributed by atoms with E-state index >= 15 is 0 Å². The summed E-state index contributed by atoms with van der Waals surface area (Å²) in [6, 6.07) is 0. The molecule has 0 aromatic rings. The summed E-state index contributed by atoms with van der Waals surface area (Å²) in [6.07, 6.45) is 7.22. The van der Waals surface area contributed by atoms with Gasteiger partial charge in [-0.3, -0.25) is 0 Å². The third-order valence-electron chi connectivity index (χ3n) is 1.97. The van der Waals surface area contributed by atoms with Gasteiger partial charge in [0.25, 0.3) is 0 Å². The first-order valence-electron chi connectivity index (χ1n) is 4.90. The highest BCUT2D eigenvalue weighted by Gasteiger charge is 1.99. The van der Waals surface area contributed by atoms with Gasteiger partial charge in [0.05, 0.1) is 0 Å². The molecule has 0 bridgehead atoms. The fraction of sp³-hybridized carbons (Fsp3) is 0.800. The molecule has 0 N–H and O–H groups in total. The fourth-order valence-electron chi connectivity index (χ4n) is 1.16. The molecule has 0 aliphatic carbocycles. The van der Waals surface area contributed by atoms with Crippen molar-refractivity contribution in [3.05, 3.63) is 11.4 Å². The molecule has 0 aliphatic rings. The number of hydrogen-bond donors (Lipinski definition) is 0. The monoisotopic (exact) mass is 187 g/mol. The Hall–Kier alpha value is -0.160. The summed E-state index contributed by atoms with van der Waals surface area (Å²) in [5.41, 5.74) is 1.40. The van der Waals surface area contributed by atoms with Crippen LogP contribution in [0.3, 0.4) is 0 Å². The van der Waals surface area contributed by atoms with E-state index < -0.39 is 0 Å². The normalized spacial score (nSPS) is 10.2. The number of hydrogen-bond acceptors (Lipinski definition) is 1. The zero-order valence-electron chi connectivity index (χ0n) is 8.23. The number of rotatable bonds is 7. The molecule has 70 valence electrons. The molecule has 0 saturated carbocycles. The van der Waals surface area contributed by atoms with E-state index in [-0.39, 0.29) is 8.46 Å². The van der Waals surface area contributed by atoms with Crippen LogP contribution in [0, 0.1) is 0 Å². The summed E-state index contributed by atoms with van der Waals surface area (Å²) in [7, 11) is -0.251. The van der Waals surface area contributed by atoms with E-state index in [2.05, 4.69) is 13.8 Å². The predicted molar refractivity (Wildman–Crippen MR) is 56.1 cm³/mol. The van der Waals surface area contributed by atoms with Crippen molar-refractivity contribution >= 4 is 8.46 Å². The zero-order chi connectivity index (χ0) is 9.23. The first-order chi connectivity index (χ1) is 5.85. The van der Waals surface area contributed by atoms with Crippen molar-refractivity contribution in [3.63, 3.8) is 0 Å². The first-order valence-corrected chi connectivity index (χ1v) is 5.89. The van der Waals surface area contributed by atoms with Crippen LogP contribution in [-0.2, 0) is 4.57 Å². The number of allylic oxidation sites excluding steroid dienone is 1. The van der Waals surface area contributed by atoms with E-state index in [1.54, 1.807) is 0 Å². The third-order valence-corrected chi connectivity index (χ3v) is 2.49. The number of unbranched alkanes of at least 4 members (excludes halogenated alkanes) is 2. The van der Waals surface area contributed by atoms with Crippen molar-refractivity contribution in [2.75, 3.05) is 0 Å². The topological polar surface area (TPSA) is 17.1 Å². The molecule has 1 nitrogen and oxygen atoms in total. The van der Waals surface area contributed by atoms with Gasteiger partial charge in [0.15, 0.2) is 5.82 Å². The van der Waals surface area contributed by atoms with E-state index in [0.717, 1.165) is 12.8 Å². The summed E-state index contributed by atoms with van der Waals surface area (Å²) in [5.74, 6) is 1.89. The first kappa shape index (κ1) is 11.8. The van der Waals surface area contributed by atoms with Gasteiger partial charge >= 0.3 is 8.46 Å². The van der Waals surface area contributed by atoms with Crippen LogP contribution in [0.1, 0.15) is 52.4 Å². The Bertz CT molecular complexity index is 131. The summed E-state index contributed by atoms with van der Waals surface area (Å²) in [5, 5.41) is 0. The summed E-state index contributed by atoms with van der Waals surface area (Å²) in [6.45, 7) is 4.38. The van der Waals surface area contributed by atoms with Gasteiger partial charge in [-0.05, 0) is 31.3 Å². The molecular formula is C10H20OP+. The largest absolute Gasteiger partial charge is 0.355 e. The van der Waals surface area contributed by atoms with Gasteiger partial charge < -0.3 is 0 Å². The standard InChI is InChI=1S/C10H19OP/c1-3-5-7-10(9-12-11)8-6-4-2/h9H,3-8H2,1-2H3/p+1. The molecular weight excluding hydrogens is 167 g/mol. The van der Waals surface area contributed by atoms with Crippen LogP contribution in [-0.4, -0.2) is 0 Å². The minimum Gasteiger partial charge on any atom is -0.0714 e. The molecule has 0 rings (SSSR count). The van der Waals surface area contributed by atoms with E-state index in [1.807, 2.05) is 5.82 Å². The van der Waals surface area contributed by atoms with Crippen LogP contribution in [0.25, 0.3) is 0 Å². The molecule has 0 spiro atoms. The SMILES string of the molecule is CCCCC(=C[PH+]=O)CCCC. The second kappa shape index (κ2) is 8.93. The van der Waals surface area contributed by atoms with Gasteiger partial charge in [0.2, 0.25) is 0 Å². The summed E-state index contributed by atoms with van der Waals surface area (Å²) < 4.78 is 10.4. The predicted octanol–water partition coefficient (Wildman–Crippen LogP) is 4.27. The van der Waals surface area contributed by atoms with Gasteiger partial charge in [0, 0.05) is 0 Å². The van der Waals surface area contributed by atoms with Gasteiger partial charge in [-0.2, -0.15) is 0 Å². The lowest BCUT2D eigenvalue weighted by molar-refractivity contribution is 0.602. The lowest BCUT2D eigenvalue weighted by atomic mass is 10.1. The van der Waals surface area contributed by atoms with Crippen molar-refractivity contribution in [3.8, 4) is 0 Å². The molecule has 0 heterocycles. The van der Waals surface area contributed by atoms with Crippen molar-refractivity contribution in [2.45, 2.75) is 52.4 Å². The van der Waals surface area contributed by atoms with Crippen LogP contribution in [0.5, 0.6) is 0 Å². The second-order valence-corrected chi connectivity index (χ2v) is 3.65. The molecule has 0 radical (unpaired) electrons. The van der Waals surface area contributed by atoms with Crippen LogP contribution in [0.2, 0.25) is 0 Å². The van der Waals surface area contributed by atoms with Gasteiger partial charge in [-0.15, -0.1) is 0 Å². The third kappa shape index (κ3) is 6.54. The highest BCUT2D eigenvalue weighted by Crippen LogP contribution is 2.17. The van der Waals surface area contributed by atoms with Crippen molar-refractivity contribution in [1.29, 1.82) is 0 Å². The van der Waals surface area contributed by atoms with Crippen molar-refractivity contribution < 1.29 is 4.57 Å². The van der Waals surface area contributed by atoms with E-state index in [4.69, 9.17) is 0 Å². The van der Waals surface area contributed by atoms with Crippen molar-refractivity contribution in [1.82, 2.24) is 0 Å². The highest BCUT2D eigenvalue weighted by molar-refractivity contribution is 7.27. The molecule has 0 fully saturated rings. The molecule has 0 aromatic carbocycles. The average Bonchev–Trinajstić information content (AvgIpc) is 2.10. The molecule has 2 heteroatoms.